The van der Waals surface area contributed by atoms with Crippen molar-refractivity contribution in [3.05, 3.63) is 319 Å². The molecule has 0 unspecified atom stereocenters. The van der Waals surface area contributed by atoms with Crippen molar-refractivity contribution in [2.24, 2.45) is 42.3 Å². The average Bonchev–Trinajstić information content (AvgIpc) is 0.823. The van der Waals surface area contributed by atoms with Crippen molar-refractivity contribution in [1.29, 1.82) is 0 Å². The number of benzene rings is 6. The molecule has 6 aromatic heterocycles. The third kappa shape index (κ3) is 19.7. The summed E-state index contributed by atoms with van der Waals surface area (Å²) < 4.78 is 79.5. The molecule has 0 amide bonds. The second-order valence-corrected chi connectivity index (χ2v) is 26.1. The number of rotatable bonds is 6. The van der Waals surface area contributed by atoms with Gasteiger partial charge < -0.3 is 0 Å². The molecule has 0 fully saturated rings. The van der Waals surface area contributed by atoms with E-state index in [2.05, 4.69) is 307 Å². The predicted octanol–water partition coefficient (Wildman–Crippen LogP) is 18.6. The van der Waals surface area contributed by atoms with E-state index in [1.54, 1.807) is 60.4 Å². The highest BCUT2D eigenvalue weighted by Gasteiger charge is 2.19. The van der Waals surface area contributed by atoms with Gasteiger partial charge in [0.15, 0.2) is 36.2 Å². The Morgan fingerprint density at radius 3 is 0.844 bits per heavy atom. The van der Waals surface area contributed by atoms with E-state index < -0.39 is 20.6 Å². The summed E-state index contributed by atoms with van der Waals surface area (Å²) in [6.07, 6.45) is 7.59. The van der Waals surface area contributed by atoms with E-state index in [0.717, 1.165) is 28.1 Å². The molecule has 12 aromatic rings. The molecule has 0 radical (unpaired) electrons. The van der Waals surface area contributed by atoms with Gasteiger partial charge >= 0.3 is 0 Å². The molecular formula is C90H108N6+6. The van der Waals surface area contributed by atoms with Gasteiger partial charge in [0, 0.05) is 130 Å². The van der Waals surface area contributed by atoms with Crippen LogP contribution >= 0.6 is 0 Å². The molecule has 492 valence electrons. The molecule has 0 atom stereocenters. The maximum atomic E-state index is 7.45. The van der Waals surface area contributed by atoms with Crippen molar-refractivity contribution in [2.45, 2.75) is 124 Å². The number of nitrogens with zero attached hydrogens (tertiary/aromatic N) is 6. The van der Waals surface area contributed by atoms with Gasteiger partial charge in [0.1, 0.15) is 42.3 Å². The van der Waals surface area contributed by atoms with Crippen LogP contribution < -0.4 is 27.4 Å². The lowest BCUT2D eigenvalue weighted by Crippen LogP contribution is -2.34. The van der Waals surface area contributed by atoms with Crippen molar-refractivity contribution in [3.63, 3.8) is 0 Å². The minimum absolute atomic E-state index is 0.274. The topological polar surface area (TPSA) is 23.3 Å². The molecule has 0 saturated heterocycles. The highest BCUT2D eigenvalue weighted by molar-refractivity contribution is 5.66. The summed E-state index contributed by atoms with van der Waals surface area (Å²) in [4.78, 5) is 0. The zero-order valence-electron chi connectivity index (χ0n) is 70.0. The van der Waals surface area contributed by atoms with Gasteiger partial charge in [-0.1, -0.05) is 107 Å². The normalized spacial score (nSPS) is 12.3. The molecule has 12 rings (SSSR count). The fourth-order valence-corrected chi connectivity index (χ4v) is 12.1. The molecule has 6 heterocycles. The number of aryl methyl sites for hydroxylation is 22. The highest BCUT2D eigenvalue weighted by atomic mass is 15.0. The molecule has 6 nitrogen and oxygen atoms in total. The van der Waals surface area contributed by atoms with Crippen LogP contribution in [0.25, 0.3) is 67.5 Å². The summed E-state index contributed by atoms with van der Waals surface area (Å²) in [5.41, 5.74) is 34.1. The van der Waals surface area contributed by atoms with Gasteiger partial charge in [-0.05, 0) is 216 Å². The van der Waals surface area contributed by atoms with E-state index >= 15 is 0 Å². The van der Waals surface area contributed by atoms with Gasteiger partial charge in [-0.15, -0.1) is 0 Å². The van der Waals surface area contributed by atoms with Crippen LogP contribution in [0.1, 0.15) is 113 Å². The van der Waals surface area contributed by atoms with Gasteiger partial charge in [0.25, 0.3) is 0 Å². The standard InChI is InChI=1S/6C15H18N/c2*1-11-5-7-14(13(3)9-11)15-8-6-12(2)10-16(15)4;2*1-11-5-7-13(3)14(9-11)15-8-6-12(2)10-16(15)4;2*1-11-9-13(3)16(4)15(10-11)14-8-6-5-7-12(14)2/h6*5-10H,1-4H3/q6*+1/i1D3,2D3;;2D3;;;. The first-order chi connectivity index (χ1) is 49.1. The van der Waals surface area contributed by atoms with Gasteiger partial charge in [0.05, 0.1) is 0 Å². The molecule has 96 heavy (non-hydrogen) atoms. The van der Waals surface area contributed by atoms with Gasteiger partial charge in [-0.25, -0.2) is 18.3 Å². The number of aromatic nitrogens is 6. The Labute approximate surface area is 590 Å². The van der Waals surface area contributed by atoms with Gasteiger partial charge in [-0.3, -0.25) is 0 Å². The van der Waals surface area contributed by atoms with Crippen molar-refractivity contribution in [2.75, 3.05) is 0 Å². The van der Waals surface area contributed by atoms with E-state index in [9.17, 15) is 0 Å². The number of pyridine rings is 6. The molecule has 0 aliphatic carbocycles. The molecule has 0 saturated carbocycles. The second kappa shape index (κ2) is 33.6. The highest BCUT2D eigenvalue weighted by Crippen LogP contribution is 2.27. The van der Waals surface area contributed by atoms with Crippen molar-refractivity contribution in [1.82, 2.24) is 0 Å². The molecule has 6 heteroatoms. The summed E-state index contributed by atoms with van der Waals surface area (Å²) in [5.74, 6) is 0. The maximum absolute atomic E-state index is 7.45. The van der Waals surface area contributed by atoms with Crippen LogP contribution in [-0.4, -0.2) is 0 Å². The van der Waals surface area contributed by atoms with Crippen LogP contribution in [0.3, 0.4) is 0 Å². The van der Waals surface area contributed by atoms with Crippen LogP contribution in [0, 0.1) is 124 Å². The first-order valence-corrected chi connectivity index (χ1v) is 33.0. The zero-order valence-corrected chi connectivity index (χ0v) is 61.0. The van der Waals surface area contributed by atoms with Crippen LogP contribution in [0.2, 0.25) is 0 Å². The first kappa shape index (κ1) is 61.1. The monoisotopic (exact) mass is 1280 g/mol. The van der Waals surface area contributed by atoms with Crippen LogP contribution in [0.5, 0.6) is 0 Å². The molecule has 0 N–H and O–H groups in total. The van der Waals surface area contributed by atoms with E-state index in [-0.39, 0.29) is 5.56 Å². The smallest absolute Gasteiger partial charge is 0.201 e. The summed E-state index contributed by atoms with van der Waals surface area (Å²) in [7, 11) is 12.1. The molecule has 6 aromatic carbocycles. The van der Waals surface area contributed by atoms with Crippen LogP contribution in [0.4, 0.5) is 0 Å². The third-order valence-corrected chi connectivity index (χ3v) is 17.6. The zero-order chi connectivity index (χ0) is 77.7. The molecule has 0 aliphatic rings. The fraction of sp³-hybridized carbons (Fsp3) is 0.267. The fourth-order valence-electron chi connectivity index (χ4n) is 12.1. The molecule has 0 spiro atoms. The van der Waals surface area contributed by atoms with E-state index in [1.165, 1.54) is 123 Å². The summed E-state index contributed by atoms with van der Waals surface area (Å²) in [5, 5.41) is 0. The van der Waals surface area contributed by atoms with Crippen molar-refractivity contribution >= 4 is 0 Å². The Morgan fingerprint density at radius 1 is 0.208 bits per heavy atom. The van der Waals surface area contributed by atoms with Crippen LogP contribution in [0.15, 0.2) is 219 Å². The van der Waals surface area contributed by atoms with Crippen molar-refractivity contribution < 1.29 is 39.7 Å². The quantitative estimate of drug-likeness (QED) is 0.148. The molecular weight excluding hydrogens is 1170 g/mol. The number of hydrogen-bond donors (Lipinski definition) is 0. The summed E-state index contributed by atoms with van der Waals surface area (Å²) >= 11 is 0. The SMILES string of the molecule is Cc1cc(C)[n+](C)c(-c2ccccc2C)c1.Cc1cc(C)[n+](C)c(-c2ccccc2C)c1.Cc1ccc(-c2ccc(C)c[n+]2C)c(C)c1.Cc1ccc(C)c(-c2ccc(C)c[n+]2C)c1.[2H]C([2H])([2H])c1ccc(-c2cc(C)ccc2C)[n+](C)c1.[2H]C([2H])([2H])c1ccc(-c2ccc(C([2H])([2H])[2H])c[n+]2C)c(C)c1. The Morgan fingerprint density at radius 2 is 0.490 bits per heavy atom. The van der Waals surface area contributed by atoms with E-state index in [0.29, 0.717) is 11.1 Å². The Kier molecular flexibility index (Phi) is 21.4. The van der Waals surface area contributed by atoms with Crippen LogP contribution in [-0.2, 0) is 42.3 Å². The minimum Gasteiger partial charge on any atom is -0.201 e. The average molecular weight is 1280 g/mol. The lowest BCUT2D eigenvalue weighted by molar-refractivity contribution is -0.666. The van der Waals surface area contributed by atoms with E-state index in [1.807, 2.05) is 24.6 Å². The minimum atomic E-state index is -2.14. The van der Waals surface area contributed by atoms with Gasteiger partial charge in [-0.2, -0.15) is 9.13 Å². The number of hydrogen-bond acceptors (Lipinski definition) is 0. The second-order valence-electron chi connectivity index (χ2n) is 26.1. The first-order valence-electron chi connectivity index (χ1n) is 37.5. The largest absolute Gasteiger partial charge is 0.212 e. The van der Waals surface area contributed by atoms with Crippen molar-refractivity contribution in [3.8, 4) is 67.5 Å². The Hall–Kier alpha value is -9.78. The molecule has 0 bridgehead atoms. The maximum Gasteiger partial charge on any atom is 0.212 e. The predicted molar refractivity (Wildman–Crippen MR) is 404 cm³/mol. The Bertz CT molecular complexity index is 4850. The van der Waals surface area contributed by atoms with E-state index in [4.69, 9.17) is 12.3 Å². The lowest BCUT2D eigenvalue weighted by atomic mass is 10.0. The Balaban J connectivity index is 0.000000177. The van der Waals surface area contributed by atoms with Gasteiger partial charge in [0.2, 0.25) is 34.2 Å². The third-order valence-electron chi connectivity index (χ3n) is 17.6. The lowest BCUT2D eigenvalue weighted by Gasteiger charge is -2.06. The summed E-state index contributed by atoms with van der Waals surface area (Å²) in [6.45, 7) is 25.4. The summed E-state index contributed by atoms with van der Waals surface area (Å²) in [6, 6.07) is 66.1. The molecule has 0 aliphatic heterocycles.